The Labute approximate surface area is 151 Å². The second-order valence-electron chi connectivity index (χ2n) is 6.02. The lowest BCUT2D eigenvalue weighted by Gasteiger charge is -2.21. The fraction of sp³-hybridized carbons (Fsp3) is 0.389. The molecule has 1 aromatic carbocycles. The fourth-order valence-corrected chi connectivity index (χ4v) is 2.82. The van der Waals surface area contributed by atoms with E-state index in [9.17, 15) is 9.59 Å². The number of benzene rings is 1. The molecule has 1 aromatic heterocycles. The van der Waals surface area contributed by atoms with Crippen LogP contribution in [0.2, 0.25) is 0 Å². The molecule has 1 atom stereocenters. The van der Waals surface area contributed by atoms with E-state index in [0.29, 0.717) is 18.8 Å². The highest BCUT2D eigenvalue weighted by Crippen LogP contribution is 2.19. The van der Waals surface area contributed by atoms with Crippen LogP contribution in [0.4, 0.5) is 4.79 Å². The number of hydrogen-bond acceptors (Lipinski definition) is 5. The summed E-state index contributed by atoms with van der Waals surface area (Å²) in [6.45, 7) is 1.65. The number of hydrogen-bond donors (Lipinski definition) is 1. The summed E-state index contributed by atoms with van der Waals surface area (Å²) in [6, 6.07) is 6.78. The van der Waals surface area contributed by atoms with Crippen LogP contribution in [0.5, 0.6) is 5.75 Å². The van der Waals surface area contributed by atoms with E-state index in [1.807, 2.05) is 35.0 Å². The Kier molecular flexibility index (Phi) is 5.73. The third-order valence-electron chi connectivity index (χ3n) is 4.22. The van der Waals surface area contributed by atoms with Crippen LogP contribution < -0.4 is 10.1 Å². The Bertz CT molecular complexity index is 747. The highest BCUT2D eigenvalue weighted by Gasteiger charge is 2.37. The topological polar surface area (TPSA) is 85.7 Å². The lowest BCUT2D eigenvalue weighted by Crippen LogP contribution is -2.45. The van der Waals surface area contributed by atoms with Gasteiger partial charge in [0.1, 0.15) is 18.4 Å². The van der Waals surface area contributed by atoms with Crippen molar-refractivity contribution in [3.05, 3.63) is 48.5 Å². The Morgan fingerprint density at radius 3 is 3.12 bits per heavy atom. The van der Waals surface area contributed by atoms with Gasteiger partial charge in [0.25, 0.3) is 0 Å². The van der Waals surface area contributed by atoms with Crippen molar-refractivity contribution in [2.75, 3.05) is 20.3 Å². The van der Waals surface area contributed by atoms with Crippen molar-refractivity contribution in [1.82, 2.24) is 19.8 Å². The average molecular weight is 358 g/mol. The zero-order valence-electron chi connectivity index (χ0n) is 14.6. The molecule has 138 valence electrons. The standard InChI is InChI=1S/C18H22N4O4/c1-25-15-5-2-4-14(10-15)11-22-16(12-26-18(22)24)17(23)20-6-3-8-21-9-7-19-13-21/h2,4-5,7,9-10,13,16H,3,6,8,11-12H2,1H3,(H,20,23)/t16-/m0/s1. The van der Waals surface area contributed by atoms with Crippen LogP contribution in [-0.4, -0.2) is 52.8 Å². The van der Waals surface area contributed by atoms with Crippen LogP contribution in [0.15, 0.2) is 43.0 Å². The van der Waals surface area contributed by atoms with Gasteiger partial charge in [0.05, 0.1) is 20.0 Å². The number of carbonyl (C=O) groups is 2. The quantitative estimate of drug-likeness (QED) is 0.722. The van der Waals surface area contributed by atoms with E-state index in [1.54, 1.807) is 19.6 Å². The summed E-state index contributed by atoms with van der Waals surface area (Å²) < 4.78 is 12.2. The summed E-state index contributed by atoms with van der Waals surface area (Å²) >= 11 is 0. The highest BCUT2D eigenvalue weighted by atomic mass is 16.6. The Hall–Kier alpha value is -3.03. The van der Waals surface area contributed by atoms with Crippen LogP contribution in [0.1, 0.15) is 12.0 Å². The van der Waals surface area contributed by atoms with Crippen LogP contribution in [0.3, 0.4) is 0 Å². The lowest BCUT2D eigenvalue weighted by molar-refractivity contribution is -0.125. The summed E-state index contributed by atoms with van der Waals surface area (Å²) in [7, 11) is 1.59. The molecule has 1 N–H and O–H groups in total. The molecule has 0 radical (unpaired) electrons. The van der Waals surface area contributed by atoms with Crippen LogP contribution in [0, 0.1) is 0 Å². The van der Waals surface area contributed by atoms with Gasteiger partial charge in [-0.25, -0.2) is 9.78 Å². The van der Waals surface area contributed by atoms with E-state index in [-0.39, 0.29) is 12.5 Å². The number of imidazole rings is 1. The molecule has 0 saturated carbocycles. The number of aryl methyl sites for hydroxylation is 1. The summed E-state index contributed by atoms with van der Waals surface area (Å²) in [5.41, 5.74) is 0.876. The van der Waals surface area contributed by atoms with Gasteiger partial charge in [0.2, 0.25) is 5.91 Å². The number of amides is 2. The first-order chi connectivity index (χ1) is 12.7. The van der Waals surface area contributed by atoms with Crippen molar-refractivity contribution in [2.24, 2.45) is 0 Å². The second-order valence-corrected chi connectivity index (χ2v) is 6.02. The van der Waals surface area contributed by atoms with E-state index < -0.39 is 12.1 Å². The second kappa shape index (κ2) is 8.37. The van der Waals surface area contributed by atoms with E-state index in [1.165, 1.54) is 4.90 Å². The van der Waals surface area contributed by atoms with E-state index in [4.69, 9.17) is 9.47 Å². The summed E-state index contributed by atoms with van der Waals surface area (Å²) in [6.07, 6.45) is 5.63. The van der Waals surface area contributed by atoms with Gasteiger partial charge in [-0.2, -0.15) is 0 Å². The van der Waals surface area contributed by atoms with Crippen molar-refractivity contribution in [1.29, 1.82) is 0 Å². The third-order valence-corrected chi connectivity index (χ3v) is 4.22. The first kappa shape index (κ1) is 17.8. The number of cyclic esters (lactones) is 1. The third kappa shape index (κ3) is 4.33. The molecule has 1 fully saturated rings. The van der Waals surface area contributed by atoms with Gasteiger partial charge in [-0.1, -0.05) is 12.1 Å². The fourth-order valence-electron chi connectivity index (χ4n) is 2.82. The van der Waals surface area contributed by atoms with Gasteiger partial charge in [-0.05, 0) is 24.1 Å². The molecule has 8 heteroatoms. The molecule has 3 rings (SSSR count). The molecule has 0 bridgehead atoms. The minimum absolute atomic E-state index is 0.0656. The molecule has 0 unspecified atom stereocenters. The smallest absolute Gasteiger partial charge is 0.410 e. The molecule has 8 nitrogen and oxygen atoms in total. The van der Waals surface area contributed by atoms with E-state index in [0.717, 1.165) is 18.5 Å². The summed E-state index contributed by atoms with van der Waals surface area (Å²) in [4.78, 5) is 29.9. The summed E-state index contributed by atoms with van der Waals surface area (Å²) in [5, 5.41) is 2.87. The molecule has 0 spiro atoms. The average Bonchev–Trinajstić information content (AvgIpc) is 3.29. The monoisotopic (exact) mass is 358 g/mol. The number of aromatic nitrogens is 2. The van der Waals surface area contributed by atoms with Crippen LogP contribution in [-0.2, 0) is 22.6 Å². The van der Waals surface area contributed by atoms with Crippen LogP contribution >= 0.6 is 0 Å². The molecule has 2 amide bonds. The molecule has 1 aliphatic rings. The van der Waals surface area contributed by atoms with E-state index >= 15 is 0 Å². The lowest BCUT2D eigenvalue weighted by atomic mass is 10.1. The number of carbonyl (C=O) groups excluding carboxylic acids is 2. The number of nitrogens with one attached hydrogen (secondary N) is 1. The van der Waals surface area contributed by atoms with Gasteiger partial charge in [0.15, 0.2) is 0 Å². The predicted octanol–water partition coefficient (Wildman–Crippen LogP) is 1.42. The normalized spacial score (nSPS) is 16.4. The summed E-state index contributed by atoms with van der Waals surface area (Å²) in [5.74, 6) is 0.500. The molecule has 26 heavy (non-hydrogen) atoms. The van der Waals surface area contributed by atoms with Gasteiger partial charge in [-0.3, -0.25) is 9.69 Å². The largest absolute Gasteiger partial charge is 0.497 e. The number of rotatable bonds is 8. The van der Waals surface area contributed by atoms with Crippen molar-refractivity contribution >= 4 is 12.0 Å². The highest BCUT2D eigenvalue weighted by molar-refractivity contribution is 5.87. The first-order valence-electron chi connectivity index (χ1n) is 8.47. The Morgan fingerprint density at radius 1 is 1.46 bits per heavy atom. The number of methoxy groups -OCH3 is 1. The molecule has 1 saturated heterocycles. The minimum Gasteiger partial charge on any atom is -0.497 e. The minimum atomic E-state index is -0.623. The number of nitrogens with zero attached hydrogens (tertiary/aromatic N) is 3. The van der Waals surface area contributed by atoms with Gasteiger partial charge in [-0.15, -0.1) is 0 Å². The maximum absolute atomic E-state index is 12.4. The zero-order chi connectivity index (χ0) is 18.4. The van der Waals surface area contributed by atoms with Gasteiger partial charge in [0, 0.05) is 25.5 Å². The molecular weight excluding hydrogens is 336 g/mol. The van der Waals surface area contributed by atoms with Crippen molar-refractivity contribution in [3.63, 3.8) is 0 Å². The Balaban J connectivity index is 1.53. The molecule has 1 aliphatic heterocycles. The molecule has 2 aromatic rings. The predicted molar refractivity (Wildman–Crippen MR) is 93.5 cm³/mol. The SMILES string of the molecule is COc1cccc(CN2C(=O)OC[C@H]2C(=O)NCCCn2ccnc2)c1. The molecule has 2 heterocycles. The maximum Gasteiger partial charge on any atom is 0.410 e. The van der Waals surface area contributed by atoms with Crippen molar-refractivity contribution in [2.45, 2.75) is 25.6 Å². The van der Waals surface area contributed by atoms with Crippen molar-refractivity contribution < 1.29 is 19.1 Å². The van der Waals surface area contributed by atoms with E-state index in [2.05, 4.69) is 10.3 Å². The molecule has 0 aliphatic carbocycles. The number of ether oxygens (including phenoxy) is 2. The Morgan fingerprint density at radius 2 is 2.35 bits per heavy atom. The van der Waals surface area contributed by atoms with Gasteiger partial charge >= 0.3 is 6.09 Å². The van der Waals surface area contributed by atoms with Crippen molar-refractivity contribution in [3.8, 4) is 5.75 Å². The molecular formula is C18H22N4O4. The van der Waals surface area contributed by atoms with Crippen LogP contribution in [0.25, 0.3) is 0 Å². The zero-order valence-corrected chi connectivity index (χ0v) is 14.6. The first-order valence-corrected chi connectivity index (χ1v) is 8.47. The maximum atomic E-state index is 12.4. The van der Waals surface area contributed by atoms with Gasteiger partial charge < -0.3 is 19.4 Å².